The molecule has 0 heterocycles. The molecule has 0 fully saturated rings. The van der Waals surface area contributed by atoms with Crippen molar-refractivity contribution in [2.24, 2.45) is 0 Å². The molecule has 0 radical (unpaired) electrons. The highest BCUT2D eigenvalue weighted by Crippen LogP contribution is 1.94. The van der Waals surface area contributed by atoms with Gasteiger partial charge in [0.15, 0.2) is 0 Å². The maximum absolute atomic E-state index is 11.1. The number of carboxylic acids is 1. The maximum Gasteiger partial charge on any atom is 0.303 e. The van der Waals surface area contributed by atoms with Crippen molar-refractivity contribution in [1.29, 1.82) is 0 Å². The van der Waals surface area contributed by atoms with Gasteiger partial charge in [0.25, 0.3) is 0 Å². The molecule has 1 amide bonds. The topological polar surface area (TPSA) is 101 Å². The van der Waals surface area contributed by atoms with E-state index >= 15 is 0 Å². The van der Waals surface area contributed by atoms with Crippen LogP contribution in [0.25, 0.3) is 0 Å². The fourth-order valence-electron chi connectivity index (χ4n) is 1.05. The van der Waals surface area contributed by atoms with E-state index in [1.807, 2.05) is 0 Å². The van der Waals surface area contributed by atoms with Gasteiger partial charge in [0.1, 0.15) is 9.84 Å². The predicted molar refractivity (Wildman–Crippen MR) is 58.8 cm³/mol. The van der Waals surface area contributed by atoms with Gasteiger partial charge >= 0.3 is 5.97 Å². The summed E-state index contributed by atoms with van der Waals surface area (Å²) in [6.07, 6.45) is 1.97. The van der Waals surface area contributed by atoms with Gasteiger partial charge in [-0.2, -0.15) is 0 Å². The summed E-state index contributed by atoms with van der Waals surface area (Å²) in [6, 6.07) is 0. The van der Waals surface area contributed by atoms with Crippen molar-refractivity contribution >= 4 is 21.7 Å². The number of amides is 1. The zero-order valence-corrected chi connectivity index (χ0v) is 10.0. The first-order chi connectivity index (χ1) is 7.31. The highest BCUT2D eigenvalue weighted by molar-refractivity contribution is 7.90. The van der Waals surface area contributed by atoms with Gasteiger partial charge in [-0.05, 0) is 12.8 Å². The van der Waals surface area contributed by atoms with Gasteiger partial charge in [-0.15, -0.1) is 0 Å². The molecule has 0 atom stereocenters. The fourth-order valence-corrected chi connectivity index (χ4v) is 1.72. The maximum atomic E-state index is 11.1. The first-order valence-corrected chi connectivity index (χ1v) is 7.03. The fraction of sp³-hybridized carbons (Fsp3) is 0.778. The largest absolute Gasteiger partial charge is 0.481 e. The van der Waals surface area contributed by atoms with Crippen LogP contribution in [0, 0.1) is 0 Å². The number of sulfone groups is 1. The van der Waals surface area contributed by atoms with Gasteiger partial charge in [0.2, 0.25) is 5.91 Å². The monoisotopic (exact) mass is 251 g/mol. The molecule has 2 N–H and O–H groups in total. The van der Waals surface area contributed by atoms with Gasteiger partial charge < -0.3 is 10.4 Å². The molecule has 0 aromatic heterocycles. The van der Waals surface area contributed by atoms with Crippen LogP contribution in [-0.2, 0) is 19.4 Å². The van der Waals surface area contributed by atoms with Gasteiger partial charge in [-0.1, -0.05) is 0 Å². The van der Waals surface area contributed by atoms with E-state index in [9.17, 15) is 18.0 Å². The zero-order chi connectivity index (χ0) is 12.6. The molecule has 0 bridgehead atoms. The second-order valence-electron chi connectivity index (χ2n) is 3.58. The molecule has 0 aromatic rings. The minimum atomic E-state index is -3.01. The summed E-state index contributed by atoms with van der Waals surface area (Å²) in [5, 5.41) is 10.9. The quantitative estimate of drug-likeness (QED) is 0.581. The van der Waals surface area contributed by atoms with E-state index in [-0.39, 0.29) is 24.5 Å². The first kappa shape index (κ1) is 14.9. The van der Waals surface area contributed by atoms with Gasteiger partial charge in [0.05, 0.1) is 5.75 Å². The Balaban J connectivity index is 3.49. The molecular formula is C9H17NO5S. The Hall–Kier alpha value is -1.11. The van der Waals surface area contributed by atoms with Crippen LogP contribution in [-0.4, -0.2) is 44.0 Å². The third kappa shape index (κ3) is 11.0. The van der Waals surface area contributed by atoms with Gasteiger partial charge in [0, 0.05) is 25.6 Å². The predicted octanol–water partition coefficient (Wildman–Crippen LogP) is -0.208. The van der Waals surface area contributed by atoms with Crippen LogP contribution >= 0.6 is 0 Å². The number of carbonyl (C=O) groups excluding carboxylic acids is 1. The van der Waals surface area contributed by atoms with Crippen LogP contribution in [0.5, 0.6) is 0 Å². The number of carbonyl (C=O) groups is 2. The standard InChI is InChI=1S/C9H17NO5S/c1-16(14,15)7-3-4-8(11)10-6-2-5-9(12)13/h2-7H2,1H3,(H,10,11)(H,12,13). The molecule has 0 aliphatic carbocycles. The molecule has 0 rings (SSSR count). The Labute approximate surface area is 95.0 Å². The molecule has 7 heteroatoms. The lowest BCUT2D eigenvalue weighted by Gasteiger charge is -2.03. The average Bonchev–Trinajstić information content (AvgIpc) is 2.10. The minimum Gasteiger partial charge on any atom is -0.481 e. The number of rotatable bonds is 8. The molecule has 16 heavy (non-hydrogen) atoms. The minimum absolute atomic E-state index is 0.00442. The van der Waals surface area contributed by atoms with E-state index in [1.54, 1.807) is 0 Å². The molecular weight excluding hydrogens is 234 g/mol. The number of nitrogens with one attached hydrogen (secondary N) is 1. The van der Waals surface area contributed by atoms with E-state index in [4.69, 9.17) is 5.11 Å². The molecule has 6 nitrogen and oxygen atoms in total. The van der Waals surface area contributed by atoms with Crippen molar-refractivity contribution in [3.05, 3.63) is 0 Å². The van der Waals surface area contributed by atoms with E-state index in [0.717, 1.165) is 6.26 Å². The van der Waals surface area contributed by atoms with Crippen molar-refractivity contribution in [2.45, 2.75) is 25.7 Å². The van der Waals surface area contributed by atoms with E-state index in [0.29, 0.717) is 19.4 Å². The van der Waals surface area contributed by atoms with E-state index in [1.165, 1.54) is 0 Å². The third-order valence-electron chi connectivity index (χ3n) is 1.81. The highest BCUT2D eigenvalue weighted by Gasteiger charge is 2.05. The van der Waals surface area contributed by atoms with Crippen molar-refractivity contribution in [2.75, 3.05) is 18.6 Å². The smallest absolute Gasteiger partial charge is 0.303 e. The first-order valence-electron chi connectivity index (χ1n) is 4.97. The molecule has 0 unspecified atom stereocenters. The molecule has 0 saturated heterocycles. The number of carboxylic acid groups (broad SMARTS) is 1. The second kappa shape index (κ2) is 7.21. The molecule has 0 aromatic carbocycles. The van der Waals surface area contributed by atoms with Crippen molar-refractivity contribution in [3.63, 3.8) is 0 Å². The molecule has 94 valence electrons. The molecule has 0 aliphatic heterocycles. The van der Waals surface area contributed by atoms with E-state index < -0.39 is 15.8 Å². The summed E-state index contributed by atoms with van der Waals surface area (Å²) in [5.41, 5.74) is 0. The Morgan fingerprint density at radius 3 is 2.31 bits per heavy atom. The van der Waals surface area contributed by atoms with Crippen LogP contribution in [0.3, 0.4) is 0 Å². The number of aliphatic carboxylic acids is 1. The third-order valence-corrected chi connectivity index (χ3v) is 2.84. The normalized spacial score (nSPS) is 11.1. The summed E-state index contributed by atoms with van der Waals surface area (Å²) in [7, 11) is -3.01. The van der Waals surface area contributed by atoms with Crippen molar-refractivity contribution in [3.8, 4) is 0 Å². The summed E-state index contributed by atoms with van der Waals surface area (Å²) in [6.45, 7) is 0.310. The Bertz CT molecular complexity index is 336. The molecule has 0 saturated carbocycles. The van der Waals surface area contributed by atoms with Crippen LogP contribution in [0.4, 0.5) is 0 Å². The van der Waals surface area contributed by atoms with Crippen LogP contribution in [0.1, 0.15) is 25.7 Å². The van der Waals surface area contributed by atoms with Gasteiger partial charge in [-0.25, -0.2) is 8.42 Å². The van der Waals surface area contributed by atoms with Crippen molar-refractivity contribution < 1.29 is 23.1 Å². The summed E-state index contributed by atoms with van der Waals surface area (Å²) in [4.78, 5) is 21.3. The summed E-state index contributed by atoms with van der Waals surface area (Å²) < 4.78 is 21.5. The van der Waals surface area contributed by atoms with E-state index in [2.05, 4.69) is 5.32 Å². The Morgan fingerprint density at radius 2 is 1.81 bits per heavy atom. The van der Waals surface area contributed by atoms with Crippen molar-refractivity contribution in [1.82, 2.24) is 5.32 Å². The summed E-state index contributed by atoms with van der Waals surface area (Å²) >= 11 is 0. The Kier molecular flexibility index (Phi) is 6.71. The van der Waals surface area contributed by atoms with Crippen LogP contribution in [0.15, 0.2) is 0 Å². The lowest BCUT2D eigenvalue weighted by atomic mass is 10.3. The average molecular weight is 251 g/mol. The second-order valence-corrected chi connectivity index (χ2v) is 5.84. The lowest BCUT2D eigenvalue weighted by molar-refractivity contribution is -0.137. The molecule has 0 spiro atoms. The van der Waals surface area contributed by atoms with Crippen LogP contribution < -0.4 is 5.32 Å². The number of hydrogen-bond acceptors (Lipinski definition) is 4. The van der Waals surface area contributed by atoms with Gasteiger partial charge in [-0.3, -0.25) is 9.59 Å². The lowest BCUT2D eigenvalue weighted by Crippen LogP contribution is -2.25. The zero-order valence-electron chi connectivity index (χ0n) is 9.23. The summed E-state index contributed by atoms with van der Waals surface area (Å²) in [5.74, 6) is -1.14. The highest BCUT2D eigenvalue weighted by atomic mass is 32.2. The van der Waals surface area contributed by atoms with Crippen LogP contribution in [0.2, 0.25) is 0 Å². The Morgan fingerprint density at radius 1 is 1.19 bits per heavy atom. The number of hydrogen-bond donors (Lipinski definition) is 2. The molecule has 0 aliphatic rings. The SMILES string of the molecule is CS(=O)(=O)CCCC(=O)NCCCC(=O)O.